The van der Waals surface area contributed by atoms with Crippen molar-refractivity contribution in [2.24, 2.45) is 5.92 Å². The zero-order valence-corrected chi connectivity index (χ0v) is 15.7. The number of benzene rings is 1. The molecule has 2 amide bonds. The number of thioether (sulfide) groups is 1. The fraction of sp³-hybridized carbons (Fsp3) is 0.316. The van der Waals surface area contributed by atoms with Gasteiger partial charge in [0.15, 0.2) is 6.61 Å². The number of nitrogens with zero attached hydrogens (tertiary/aromatic N) is 1. The molecule has 27 heavy (non-hydrogen) atoms. The Morgan fingerprint density at radius 3 is 2.85 bits per heavy atom. The number of nitrogens with one attached hydrogen (secondary N) is 1. The van der Waals surface area contributed by atoms with Crippen molar-refractivity contribution in [2.45, 2.75) is 17.9 Å². The second kappa shape index (κ2) is 8.77. The number of rotatable bonds is 7. The van der Waals surface area contributed by atoms with Crippen LogP contribution in [0.1, 0.15) is 12.2 Å². The number of likely N-dealkylation sites (tertiary alicyclic amines) is 1. The van der Waals surface area contributed by atoms with E-state index in [-0.39, 0.29) is 25.5 Å². The lowest BCUT2D eigenvalue weighted by Crippen LogP contribution is -2.28. The molecule has 1 aromatic heterocycles. The Bertz CT molecular complexity index is 821. The molecule has 1 aliphatic heterocycles. The monoisotopic (exact) mass is 388 g/mol. The Hall–Kier alpha value is -2.74. The molecule has 7 nitrogen and oxygen atoms in total. The second-order valence-electron chi connectivity index (χ2n) is 6.11. The van der Waals surface area contributed by atoms with Crippen LogP contribution in [0, 0.1) is 5.92 Å². The average Bonchev–Trinajstić information content (AvgIpc) is 3.31. The molecule has 0 unspecified atom stereocenters. The van der Waals surface area contributed by atoms with Gasteiger partial charge in [0.1, 0.15) is 5.76 Å². The highest BCUT2D eigenvalue weighted by Gasteiger charge is 2.35. The van der Waals surface area contributed by atoms with E-state index in [9.17, 15) is 14.4 Å². The van der Waals surface area contributed by atoms with Gasteiger partial charge in [-0.2, -0.15) is 0 Å². The third-order valence-corrected chi connectivity index (χ3v) is 5.00. The number of esters is 1. The highest BCUT2D eigenvalue weighted by Crippen LogP contribution is 2.25. The van der Waals surface area contributed by atoms with Crippen molar-refractivity contribution >= 4 is 35.2 Å². The molecule has 1 atom stereocenters. The first-order chi connectivity index (χ1) is 13.1. The van der Waals surface area contributed by atoms with Gasteiger partial charge >= 0.3 is 5.97 Å². The molecular formula is C19H20N2O5S. The first-order valence-electron chi connectivity index (χ1n) is 8.46. The Morgan fingerprint density at radius 1 is 1.30 bits per heavy atom. The summed E-state index contributed by atoms with van der Waals surface area (Å²) in [6.07, 6.45) is 3.53. The molecule has 1 aromatic carbocycles. The lowest BCUT2D eigenvalue weighted by molar-refractivity contribution is -0.151. The molecule has 8 heteroatoms. The molecule has 142 valence electrons. The third kappa shape index (κ3) is 4.91. The number of ether oxygens (including phenoxy) is 1. The SMILES string of the molecule is CSc1ccccc1NC(=O)COC(=O)[C@H]1CC(=O)N(Cc2ccco2)C1. The molecule has 0 bridgehead atoms. The van der Waals surface area contributed by atoms with Crippen LogP contribution in [0.3, 0.4) is 0 Å². The van der Waals surface area contributed by atoms with Crippen LogP contribution in [0.2, 0.25) is 0 Å². The summed E-state index contributed by atoms with van der Waals surface area (Å²) in [6.45, 7) is 0.196. The topological polar surface area (TPSA) is 88.8 Å². The van der Waals surface area contributed by atoms with Crippen molar-refractivity contribution in [2.75, 3.05) is 24.7 Å². The predicted octanol–water partition coefficient (Wildman–Crippen LogP) is 2.53. The average molecular weight is 388 g/mol. The lowest BCUT2D eigenvalue weighted by Gasteiger charge is -2.15. The van der Waals surface area contributed by atoms with Gasteiger partial charge in [0.2, 0.25) is 5.91 Å². The lowest BCUT2D eigenvalue weighted by atomic mass is 10.1. The number of furan rings is 1. The van der Waals surface area contributed by atoms with Crippen molar-refractivity contribution in [3.63, 3.8) is 0 Å². The maximum Gasteiger partial charge on any atom is 0.311 e. The van der Waals surface area contributed by atoms with Crippen molar-refractivity contribution in [1.82, 2.24) is 4.90 Å². The van der Waals surface area contributed by atoms with Gasteiger partial charge in [0.25, 0.3) is 5.91 Å². The molecule has 1 saturated heterocycles. The van der Waals surface area contributed by atoms with Crippen molar-refractivity contribution < 1.29 is 23.5 Å². The van der Waals surface area contributed by atoms with E-state index >= 15 is 0 Å². The molecule has 3 rings (SSSR count). The van der Waals surface area contributed by atoms with Crippen LogP contribution in [0.15, 0.2) is 52.0 Å². The van der Waals surface area contributed by atoms with Gasteiger partial charge in [-0.05, 0) is 30.5 Å². The van der Waals surface area contributed by atoms with Gasteiger partial charge in [-0.3, -0.25) is 14.4 Å². The van der Waals surface area contributed by atoms with E-state index in [1.54, 1.807) is 23.1 Å². The third-order valence-electron chi connectivity index (χ3n) is 4.20. The summed E-state index contributed by atoms with van der Waals surface area (Å²) in [5.41, 5.74) is 0.673. The largest absolute Gasteiger partial charge is 0.467 e. The molecule has 2 heterocycles. The van der Waals surface area contributed by atoms with E-state index in [4.69, 9.17) is 9.15 Å². The van der Waals surface area contributed by atoms with E-state index in [1.165, 1.54) is 18.0 Å². The fourth-order valence-electron chi connectivity index (χ4n) is 2.86. The first-order valence-corrected chi connectivity index (χ1v) is 9.69. The van der Waals surface area contributed by atoms with E-state index in [0.717, 1.165) is 4.90 Å². The van der Waals surface area contributed by atoms with Crippen LogP contribution in [0.5, 0.6) is 0 Å². The Balaban J connectivity index is 1.47. The normalized spacial score (nSPS) is 16.4. The number of amides is 2. The summed E-state index contributed by atoms with van der Waals surface area (Å²) in [5, 5.41) is 2.73. The van der Waals surface area contributed by atoms with Gasteiger partial charge in [0.05, 0.1) is 24.4 Å². The number of carbonyl (C=O) groups is 3. The van der Waals surface area contributed by atoms with Crippen LogP contribution in [0.4, 0.5) is 5.69 Å². The molecule has 1 N–H and O–H groups in total. The molecule has 0 radical (unpaired) electrons. The van der Waals surface area contributed by atoms with E-state index < -0.39 is 17.8 Å². The fourth-order valence-corrected chi connectivity index (χ4v) is 3.42. The highest BCUT2D eigenvalue weighted by molar-refractivity contribution is 7.98. The summed E-state index contributed by atoms with van der Waals surface area (Å²) >= 11 is 1.51. The Morgan fingerprint density at radius 2 is 2.11 bits per heavy atom. The zero-order chi connectivity index (χ0) is 19.2. The first kappa shape index (κ1) is 19.0. The minimum atomic E-state index is -0.571. The smallest absolute Gasteiger partial charge is 0.311 e. The van der Waals surface area contributed by atoms with Crippen LogP contribution in [0.25, 0.3) is 0 Å². The quantitative estimate of drug-likeness (QED) is 0.579. The van der Waals surface area contributed by atoms with Crippen molar-refractivity contribution in [1.29, 1.82) is 0 Å². The molecule has 2 aromatic rings. The van der Waals surface area contributed by atoms with E-state index in [1.807, 2.05) is 24.5 Å². The van der Waals surface area contributed by atoms with Crippen LogP contribution < -0.4 is 5.32 Å². The summed E-state index contributed by atoms with van der Waals surface area (Å²) < 4.78 is 10.3. The molecular weight excluding hydrogens is 368 g/mol. The Labute approximate surface area is 161 Å². The molecule has 0 spiro atoms. The predicted molar refractivity (Wildman–Crippen MR) is 100 cm³/mol. The number of hydrogen-bond acceptors (Lipinski definition) is 6. The maximum absolute atomic E-state index is 12.2. The summed E-state index contributed by atoms with van der Waals surface area (Å²) in [4.78, 5) is 38.8. The molecule has 0 aliphatic carbocycles. The highest BCUT2D eigenvalue weighted by atomic mass is 32.2. The van der Waals surface area contributed by atoms with Gasteiger partial charge < -0.3 is 19.4 Å². The number of para-hydroxylation sites is 1. The summed E-state index contributed by atoms with van der Waals surface area (Å²) in [7, 11) is 0. The van der Waals surface area contributed by atoms with Gasteiger partial charge in [-0.15, -0.1) is 11.8 Å². The van der Waals surface area contributed by atoms with Gasteiger partial charge in [0, 0.05) is 17.9 Å². The summed E-state index contributed by atoms with van der Waals surface area (Å²) in [5.74, 6) is -1.00. The van der Waals surface area contributed by atoms with Gasteiger partial charge in [-0.25, -0.2) is 0 Å². The number of anilines is 1. The van der Waals surface area contributed by atoms with Crippen LogP contribution in [-0.4, -0.2) is 42.1 Å². The summed E-state index contributed by atoms with van der Waals surface area (Å²) in [6, 6.07) is 10.9. The zero-order valence-electron chi connectivity index (χ0n) is 14.8. The van der Waals surface area contributed by atoms with E-state index in [2.05, 4.69) is 5.32 Å². The minimum Gasteiger partial charge on any atom is -0.467 e. The minimum absolute atomic E-state index is 0.0798. The number of carbonyl (C=O) groups excluding carboxylic acids is 3. The van der Waals surface area contributed by atoms with Crippen molar-refractivity contribution in [3.05, 3.63) is 48.4 Å². The van der Waals surface area contributed by atoms with Gasteiger partial charge in [-0.1, -0.05) is 12.1 Å². The molecule has 0 saturated carbocycles. The standard InChI is InChI=1S/C19H20N2O5S/c1-27-16-7-3-2-6-15(16)20-17(22)12-26-19(24)13-9-18(23)21(10-13)11-14-5-4-8-25-14/h2-8,13H,9-12H2,1H3,(H,20,22)/t13-/m0/s1. The Kier molecular flexibility index (Phi) is 6.18. The van der Waals surface area contributed by atoms with E-state index in [0.29, 0.717) is 18.0 Å². The van der Waals surface area contributed by atoms with Crippen LogP contribution in [-0.2, 0) is 25.7 Å². The second-order valence-corrected chi connectivity index (χ2v) is 6.96. The number of hydrogen-bond donors (Lipinski definition) is 1. The van der Waals surface area contributed by atoms with Crippen molar-refractivity contribution in [3.8, 4) is 0 Å². The maximum atomic E-state index is 12.2. The molecule has 1 aliphatic rings. The molecule has 1 fully saturated rings. The van der Waals surface area contributed by atoms with Crippen LogP contribution >= 0.6 is 11.8 Å².